The number of benzene rings is 2. The molecule has 0 saturated carbocycles. The molecule has 0 amide bonds. The molecule has 0 radical (unpaired) electrons. The number of nitrogens with zero attached hydrogens (tertiary/aromatic N) is 1. The van der Waals surface area contributed by atoms with Crippen LogP contribution >= 0.6 is 0 Å². The van der Waals surface area contributed by atoms with Gasteiger partial charge in [0.15, 0.2) is 16.9 Å². The van der Waals surface area contributed by atoms with Crippen LogP contribution < -0.4 is 9.88 Å². The predicted molar refractivity (Wildman–Crippen MR) is 118 cm³/mol. The molecule has 0 bridgehead atoms. The molecule has 6 nitrogen and oxygen atoms in total. The van der Waals surface area contributed by atoms with Crippen LogP contribution in [-0.4, -0.2) is 40.5 Å². The number of anilines is 1. The van der Waals surface area contributed by atoms with Crippen molar-refractivity contribution in [3.05, 3.63) is 60.3 Å². The minimum atomic E-state index is -3.69. The van der Waals surface area contributed by atoms with Gasteiger partial charge in [-0.2, -0.15) is 0 Å². The van der Waals surface area contributed by atoms with Gasteiger partial charge in [-0.25, -0.2) is 13.4 Å². The number of fused-ring (bicyclic) bond motifs is 1. The lowest BCUT2D eigenvalue weighted by Gasteiger charge is -2.39. The normalized spacial score (nSPS) is 18.7. The number of aromatic amines is 1. The molecule has 0 aliphatic carbocycles. The third-order valence-corrected chi connectivity index (χ3v) is 8.12. The summed E-state index contributed by atoms with van der Waals surface area (Å²) < 4.78 is 39.1. The largest absolute Gasteiger partial charge is 0.369 e. The highest BCUT2D eigenvalue weighted by atomic mass is 32.2. The summed E-state index contributed by atoms with van der Waals surface area (Å²) in [5.41, 5.74) is 2.86. The van der Waals surface area contributed by atoms with E-state index < -0.39 is 15.6 Å². The molecule has 2 aromatic carbocycles. The van der Waals surface area contributed by atoms with Crippen molar-refractivity contribution in [3.63, 3.8) is 0 Å². The summed E-state index contributed by atoms with van der Waals surface area (Å²) in [6.07, 6.45) is 3.95. The van der Waals surface area contributed by atoms with Gasteiger partial charge >= 0.3 is 0 Å². The Morgan fingerprint density at radius 2 is 1.74 bits per heavy atom. The van der Waals surface area contributed by atoms with Crippen molar-refractivity contribution in [2.75, 3.05) is 31.2 Å². The lowest BCUT2D eigenvalue weighted by molar-refractivity contribution is -0.347. The van der Waals surface area contributed by atoms with E-state index in [9.17, 15) is 8.42 Å². The molecule has 0 unspecified atom stereocenters. The Morgan fingerprint density at radius 3 is 2.42 bits per heavy atom. The van der Waals surface area contributed by atoms with Gasteiger partial charge in [0, 0.05) is 32.0 Å². The highest BCUT2D eigenvalue weighted by Gasteiger charge is 2.41. The van der Waals surface area contributed by atoms with Crippen LogP contribution in [0.25, 0.3) is 10.9 Å². The van der Waals surface area contributed by atoms with Crippen LogP contribution in [0.5, 0.6) is 0 Å². The lowest BCUT2D eigenvalue weighted by Crippen LogP contribution is -2.45. The summed E-state index contributed by atoms with van der Waals surface area (Å²) in [5, 5.41) is 0.931. The number of piperidine rings is 1. The number of hydrogen-bond acceptors (Lipinski definition) is 5. The van der Waals surface area contributed by atoms with Crippen LogP contribution in [0.15, 0.2) is 64.5 Å². The van der Waals surface area contributed by atoms with E-state index >= 15 is 0 Å². The number of pyridine rings is 1. The molecular weight excluding hydrogens is 412 g/mol. The third-order valence-electron chi connectivity index (χ3n) is 6.34. The van der Waals surface area contributed by atoms with Crippen LogP contribution in [0.2, 0.25) is 0 Å². The Bertz CT molecular complexity index is 1190. The van der Waals surface area contributed by atoms with E-state index in [-0.39, 0.29) is 0 Å². The van der Waals surface area contributed by atoms with E-state index in [1.54, 1.807) is 30.5 Å². The lowest BCUT2D eigenvalue weighted by atomic mass is 10.0. The van der Waals surface area contributed by atoms with Crippen molar-refractivity contribution >= 4 is 26.4 Å². The van der Waals surface area contributed by atoms with E-state index in [0.29, 0.717) is 48.9 Å². The highest BCUT2D eigenvalue weighted by molar-refractivity contribution is 7.91. The standard InChI is InChI=1S/C24H26N2O4S/c1-2-18-8-9-21-20(16-18)23(26-12-10-24(11-13-26)29-14-15-30-24)22(17-25-21)31(27,28)19-6-4-3-5-7-19/h3-9,16-17H,2,10-15H2,1H3/p+1. The van der Waals surface area contributed by atoms with Crippen molar-refractivity contribution in [3.8, 4) is 0 Å². The predicted octanol–water partition coefficient (Wildman–Crippen LogP) is 3.39. The first-order valence-corrected chi connectivity index (χ1v) is 12.3. The van der Waals surface area contributed by atoms with Crippen molar-refractivity contribution in [2.45, 2.75) is 41.8 Å². The molecule has 1 N–H and O–H groups in total. The molecule has 1 aromatic heterocycles. The molecular formula is C24H27N2O4S+. The zero-order valence-electron chi connectivity index (χ0n) is 17.6. The van der Waals surface area contributed by atoms with Crippen LogP contribution in [0.3, 0.4) is 0 Å². The van der Waals surface area contributed by atoms with Crippen molar-refractivity contribution in [1.29, 1.82) is 0 Å². The van der Waals surface area contributed by atoms with Crippen molar-refractivity contribution in [1.82, 2.24) is 0 Å². The minimum absolute atomic E-state index is 0.298. The minimum Gasteiger partial charge on any atom is -0.369 e. The number of nitrogens with one attached hydrogen (secondary N) is 1. The first-order valence-electron chi connectivity index (χ1n) is 10.8. The molecule has 2 fully saturated rings. The van der Waals surface area contributed by atoms with Gasteiger partial charge in [-0.3, -0.25) is 0 Å². The van der Waals surface area contributed by atoms with E-state index in [4.69, 9.17) is 9.47 Å². The fourth-order valence-corrected chi connectivity index (χ4v) is 6.07. The molecule has 3 heterocycles. The van der Waals surface area contributed by atoms with Gasteiger partial charge in [-0.1, -0.05) is 31.2 Å². The average Bonchev–Trinajstić information content (AvgIpc) is 3.27. The van der Waals surface area contributed by atoms with Crippen LogP contribution in [0.4, 0.5) is 5.69 Å². The van der Waals surface area contributed by atoms with Gasteiger partial charge in [-0.05, 0) is 30.2 Å². The second-order valence-electron chi connectivity index (χ2n) is 8.15. The zero-order valence-corrected chi connectivity index (χ0v) is 18.5. The topological polar surface area (TPSA) is 70.0 Å². The molecule has 3 aromatic rings. The Kier molecular flexibility index (Phi) is 5.20. The maximum atomic E-state index is 13.6. The molecule has 2 aliphatic heterocycles. The summed E-state index contributed by atoms with van der Waals surface area (Å²) in [5.74, 6) is -0.514. The smallest absolute Gasteiger partial charge is 0.214 e. The summed E-state index contributed by atoms with van der Waals surface area (Å²) in [6.45, 7) is 4.70. The Hall–Kier alpha value is -2.48. The number of sulfone groups is 1. The van der Waals surface area contributed by atoms with Gasteiger partial charge < -0.3 is 14.4 Å². The maximum Gasteiger partial charge on any atom is 0.214 e. The Balaban J connectivity index is 1.66. The van der Waals surface area contributed by atoms with E-state index in [1.807, 2.05) is 12.1 Å². The van der Waals surface area contributed by atoms with Crippen molar-refractivity contribution in [2.24, 2.45) is 0 Å². The number of H-pyrrole nitrogens is 1. The number of rotatable bonds is 4. The molecule has 31 heavy (non-hydrogen) atoms. The molecule has 2 aliphatic rings. The SMILES string of the molecule is CCc1ccc2[nH+]cc(S(=O)(=O)c3ccccc3)c(N3CCC4(CC3)OCCO4)c2c1. The van der Waals surface area contributed by atoms with Crippen LogP contribution in [0, 0.1) is 0 Å². The monoisotopic (exact) mass is 439 g/mol. The third kappa shape index (κ3) is 3.60. The summed E-state index contributed by atoms with van der Waals surface area (Å²) in [4.78, 5) is 6.01. The number of hydrogen-bond donors (Lipinski definition) is 0. The van der Waals surface area contributed by atoms with Crippen LogP contribution in [-0.2, 0) is 25.7 Å². The van der Waals surface area contributed by atoms with Gasteiger partial charge in [0.1, 0.15) is 0 Å². The molecule has 0 atom stereocenters. The zero-order chi connectivity index (χ0) is 21.5. The Labute approximate surface area is 182 Å². The molecule has 5 rings (SSSR count). The van der Waals surface area contributed by atoms with Gasteiger partial charge in [-0.15, -0.1) is 0 Å². The van der Waals surface area contributed by atoms with Crippen molar-refractivity contribution < 1.29 is 22.9 Å². The molecule has 1 spiro atoms. The molecule has 7 heteroatoms. The molecule has 162 valence electrons. The summed E-state index contributed by atoms with van der Waals surface area (Å²) >= 11 is 0. The molecule has 2 saturated heterocycles. The quantitative estimate of drug-likeness (QED) is 0.623. The highest BCUT2D eigenvalue weighted by Crippen LogP contribution is 2.39. The first-order chi connectivity index (χ1) is 15.0. The average molecular weight is 440 g/mol. The van der Waals surface area contributed by atoms with Gasteiger partial charge in [0.25, 0.3) is 0 Å². The van der Waals surface area contributed by atoms with Crippen LogP contribution in [0.1, 0.15) is 25.3 Å². The second kappa shape index (κ2) is 7.89. The van der Waals surface area contributed by atoms with E-state index in [2.05, 4.69) is 28.9 Å². The van der Waals surface area contributed by atoms with E-state index in [1.165, 1.54) is 5.56 Å². The number of aromatic nitrogens is 1. The first kappa shape index (κ1) is 20.4. The fourth-order valence-electron chi connectivity index (χ4n) is 4.59. The number of ether oxygens (including phenoxy) is 2. The summed E-state index contributed by atoms with van der Waals surface area (Å²) in [7, 11) is -3.69. The Morgan fingerprint density at radius 1 is 1.03 bits per heavy atom. The van der Waals surface area contributed by atoms with Gasteiger partial charge in [0.05, 0.1) is 29.2 Å². The van der Waals surface area contributed by atoms with E-state index in [0.717, 1.165) is 23.0 Å². The summed E-state index contributed by atoms with van der Waals surface area (Å²) in [6, 6.07) is 14.9. The number of aryl methyl sites for hydroxylation is 1. The fraction of sp³-hybridized carbons (Fsp3) is 0.375. The maximum absolute atomic E-state index is 13.6. The second-order valence-corrected chi connectivity index (χ2v) is 10.1. The van der Waals surface area contributed by atoms with Gasteiger partial charge in [0.2, 0.25) is 15.4 Å².